The normalized spacial score (nSPS) is 13.7. The molecule has 2 aromatic carbocycles. The highest BCUT2D eigenvalue weighted by Crippen LogP contribution is 2.31. The van der Waals surface area contributed by atoms with Crippen LogP contribution in [0.5, 0.6) is 5.75 Å². The highest BCUT2D eigenvalue weighted by Gasteiger charge is 2.21. The minimum absolute atomic E-state index is 0.203. The topological polar surface area (TPSA) is 85.2 Å². The molecular weight excluding hydrogens is 380 g/mol. The minimum Gasteiger partial charge on any atom is -0.483 e. The third-order valence-electron chi connectivity index (χ3n) is 5.13. The van der Waals surface area contributed by atoms with Gasteiger partial charge in [-0.2, -0.15) is 5.10 Å². The summed E-state index contributed by atoms with van der Waals surface area (Å²) in [5.74, 6) is 0.431. The number of hydrogen-bond acceptors (Lipinski definition) is 4. The Bertz CT molecular complexity index is 1010. The maximum atomic E-state index is 12.6. The molecule has 0 aliphatic heterocycles. The summed E-state index contributed by atoms with van der Waals surface area (Å²) in [4.78, 5) is 25.1. The molecule has 0 spiro atoms. The summed E-state index contributed by atoms with van der Waals surface area (Å²) >= 11 is 0. The van der Waals surface area contributed by atoms with E-state index in [0.717, 1.165) is 12.8 Å². The molecule has 0 unspecified atom stereocenters. The van der Waals surface area contributed by atoms with Gasteiger partial charge in [0.05, 0.1) is 17.8 Å². The van der Waals surface area contributed by atoms with Crippen molar-refractivity contribution in [3.63, 3.8) is 0 Å². The lowest BCUT2D eigenvalue weighted by Crippen LogP contribution is -2.24. The minimum atomic E-state index is -0.298. The van der Waals surface area contributed by atoms with Crippen LogP contribution in [0.15, 0.2) is 66.9 Å². The van der Waals surface area contributed by atoms with Gasteiger partial charge in [0.25, 0.3) is 11.8 Å². The lowest BCUT2D eigenvalue weighted by Gasteiger charge is -2.15. The average Bonchev–Trinajstić information content (AvgIpc) is 3.45. The molecule has 4 rings (SSSR count). The number of anilines is 2. The molecule has 1 heterocycles. The number of rotatable bonds is 7. The predicted octanol–water partition coefficient (Wildman–Crippen LogP) is 4.27. The predicted molar refractivity (Wildman–Crippen MR) is 115 cm³/mol. The van der Waals surface area contributed by atoms with Crippen molar-refractivity contribution >= 4 is 23.3 Å². The van der Waals surface area contributed by atoms with Crippen LogP contribution in [0.1, 0.15) is 42.1 Å². The third kappa shape index (κ3) is 4.68. The van der Waals surface area contributed by atoms with Gasteiger partial charge in [-0.25, -0.2) is 4.68 Å². The molecule has 7 nitrogen and oxygen atoms in total. The summed E-state index contributed by atoms with van der Waals surface area (Å²) in [5.41, 5.74) is 1.06. The number of nitrogens with one attached hydrogen (secondary N) is 2. The van der Waals surface area contributed by atoms with Crippen molar-refractivity contribution < 1.29 is 14.3 Å². The number of ether oxygens (including phenoxy) is 1. The highest BCUT2D eigenvalue weighted by molar-refractivity contribution is 6.06. The average molecular weight is 404 g/mol. The molecule has 0 atom stereocenters. The van der Waals surface area contributed by atoms with Crippen LogP contribution >= 0.6 is 0 Å². The molecule has 30 heavy (non-hydrogen) atoms. The van der Waals surface area contributed by atoms with E-state index in [2.05, 4.69) is 15.7 Å². The molecule has 154 valence electrons. The van der Waals surface area contributed by atoms with Crippen molar-refractivity contribution in [2.45, 2.75) is 31.7 Å². The Morgan fingerprint density at radius 2 is 1.70 bits per heavy atom. The summed E-state index contributed by atoms with van der Waals surface area (Å²) in [6.45, 7) is -0.203. The molecule has 0 radical (unpaired) electrons. The SMILES string of the molecule is O=C(COc1ccccc1C(=O)Nc1ccccc1)Nc1ccnn1C1CCCC1. The Morgan fingerprint density at radius 1 is 0.967 bits per heavy atom. The number of amides is 2. The van der Waals surface area contributed by atoms with Gasteiger partial charge in [-0.3, -0.25) is 9.59 Å². The first-order chi connectivity index (χ1) is 14.7. The van der Waals surface area contributed by atoms with Gasteiger partial charge in [0.15, 0.2) is 6.61 Å². The van der Waals surface area contributed by atoms with Crippen LogP contribution in [0.4, 0.5) is 11.5 Å². The molecule has 0 bridgehead atoms. The highest BCUT2D eigenvalue weighted by atomic mass is 16.5. The van der Waals surface area contributed by atoms with Gasteiger partial charge in [-0.1, -0.05) is 43.2 Å². The smallest absolute Gasteiger partial charge is 0.263 e. The molecule has 1 fully saturated rings. The van der Waals surface area contributed by atoms with Gasteiger partial charge in [-0.05, 0) is 37.1 Å². The van der Waals surface area contributed by atoms with Crippen molar-refractivity contribution in [2.24, 2.45) is 0 Å². The number of carbonyl (C=O) groups excluding carboxylic acids is 2. The molecule has 2 N–H and O–H groups in total. The number of nitrogens with zero attached hydrogens (tertiary/aromatic N) is 2. The van der Waals surface area contributed by atoms with E-state index in [9.17, 15) is 9.59 Å². The van der Waals surface area contributed by atoms with Crippen molar-refractivity contribution in [2.75, 3.05) is 17.2 Å². The fourth-order valence-electron chi connectivity index (χ4n) is 3.68. The maximum absolute atomic E-state index is 12.6. The van der Waals surface area contributed by atoms with E-state index >= 15 is 0 Å². The van der Waals surface area contributed by atoms with Crippen LogP contribution in [0, 0.1) is 0 Å². The number of carbonyl (C=O) groups is 2. The Balaban J connectivity index is 1.38. The van der Waals surface area contributed by atoms with Crippen LogP contribution in [0.3, 0.4) is 0 Å². The van der Waals surface area contributed by atoms with Crippen molar-refractivity contribution in [1.29, 1.82) is 0 Å². The molecule has 1 aliphatic carbocycles. The van der Waals surface area contributed by atoms with E-state index < -0.39 is 0 Å². The van der Waals surface area contributed by atoms with Gasteiger partial charge < -0.3 is 15.4 Å². The van der Waals surface area contributed by atoms with Gasteiger partial charge in [-0.15, -0.1) is 0 Å². The van der Waals surface area contributed by atoms with E-state index in [1.807, 2.05) is 35.0 Å². The van der Waals surface area contributed by atoms with Crippen LogP contribution in [-0.4, -0.2) is 28.2 Å². The zero-order valence-electron chi connectivity index (χ0n) is 16.6. The summed E-state index contributed by atoms with van der Waals surface area (Å²) in [6, 6.07) is 18.2. The first-order valence-corrected chi connectivity index (χ1v) is 10.1. The maximum Gasteiger partial charge on any atom is 0.263 e. The Morgan fingerprint density at radius 3 is 2.50 bits per heavy atom. The van der Waals surface area contributed by atoms with Gasteiger partial charge in [0.1, 0.15) is 11.6 Å². The van der Waals surface area contributed by atoms with Crippen LogP contribution < -0.4 is 15.4 Å². The lowest BCUT2D eigenvalue weighted by atomic mass is 10.2. The van der Waals surface area contributed by atoms with Crippen molar-refractivity contribution in [1.82, 2.24) is 9.78 Å². The number of aromatic nitrogens is 2. The molecule has 3 aromatic rings. The fraction of sp³-hybridized carbons (Fsp3) is 0.261. The van der Waals surface area contributed by atoms with Gasteiger partial charge in [0.2, 0.25) is 0 Å². The van der Waals surface area contributed by atoms with E-state index in [-0.39, 0.29) is 18.4 Å². The number of hydrogen-bond donors (Lipinski definition) is 2. The second-order valence-corrected chi connectivity index (χ2v) is 7.25. The molecule has 1 saturated carbocycles. The van der Waals surface area contributed by atoms with E-state index in [1.165, 1.54) is 12.8 Å². The Kier molecular flexibility index (Phi) is 6.08. The van der Waals surface area contributed by atoms with Crippen LogP contribution in [0.2, 0.25) is 0 Å². The van der Waals surface area contributed by atoms with E-state index in [1.54, 1.807) is 36.5 Å². The lowest BCUT2D eigenvalue weighted by molar-refractivity contribution is -0.118. The molecule has 0 saturated heterocycles. The quantitative estimate of drug-likeness (QED) is 0.616. The fourth-order valence-corrected chi connectivity index (χ4v) is 3.68. The van der Waals surface area contributed by atoms with Crippen molar-refractivity contribution in [3.8, 4) is 5.75 Å². The van der Waals surface area contributed by atoms with E-state index in [4.69, 9.17) is 4.74 Å². The summed E-state index contributed by atoms with van der Waals surface area (Å²) in [7, 11) is 0. The van der Waals surface area contributed by atoms with Crippen molar-refractivity contribution in [3.05, 3.63) is 72.4 Å². The summed E-state index contributed by atoms with van der Waals surface area (Å²) in [5, 5.41) is 10.0. The third-order valence-corrected chi connectivity index (χ3v) is 5.13. The summed E-state index contributed by atoms with van der Waals surface area (Å²) in [6.07, 6.45) is 6.21. The van der Waals surface area contributed by atoms with Crippen LogP contribution in [-0.2, 0) is 4.79 Å². The molecule has 1 aromatic heterocycles. The van der Waals surface area contributed by atoms with Gasteiger partial charge in [0, 0.05) is 11.8 Å². The second kappa shape index (κ2) is 9.26. The largest absolute Gasteiger partial charge is 0.483 e. The molecule has 1 aliphatic rings. The number of para-hydroxylation sites is 2. The van der Waals surface area contributed by atoms with E-state index in [0.29, 0.717) is 28.9 Å². The van der Waals surface area contributed by atoms with Crippen LogP contribution in [0.25, 0.3) is 0 Å². The zero-order chi connectivity index (χ0) is 20.8. The van der Waals surface area contributed by atoms with Gasteiger partial charge >= 0.3 is 0 Å². The first-order valence-electron chi connectivity index (χ1n) is 10.1. The molecule has 7 heteroatoms. The Labute approximate surface area is 175 Å². The molecular formula is C23H24N4O3. The zero-order valence-corrected chi connectivity index (χ0v) is 16.6. The second-order valence-electron chi connectivity index (χ2n) is 7.25. The molecule has 2 amide bonds. The Hall–Kier alpha value is -3.61. The summed E-state index contributed by atoms with van der Waals surface area (Å²) < 4.78 is 7.55. The monoisotopic (exact) mass is 404 g/mol. The first kappa shape index (κ1) is 19.7. The number of benzene rings is 2. The standard InChI is InChI=1S/C23H24N4O3/c28-22(26-21-14-15-24-27(21)18-10-4-5-11-18)16-30-20-13-7-6-12-19(20)23(29)25-17-8-2-1-3-9-17/h1-3,6-9,12-15,18H,4-5,10-11,16H2,(H,25,29)(H,26,28).